The molecule has 0 radical (unpaired) electrons. The van der Waals surface area contributed by atoms with Crippen LogP contribution < -0.4 is 4.90 Å². The fourth-order valence-corrected chi connectivity index (χ4v) is 6.15. The van der Waals surface area contributed by atoms with Gasteiger partial charge in [-0.25, -0.2) is 9.78 Å². The normalized spacial score (nSPS) is 22.6. The van der Waals surface area contributed by atoms with E-state index in [1.165, 1.54) is 0 Å². The average molecular weight is 533 g/mol. The van der Waals surface area contributed by atoms with Gasteiger partial charge < -0.3 is 14.5 Å². The molecule has 7 rings (SSSR count). The molecule has 2 aliphatic carbocycles. The van der Waals surface area contributed by atoms with Crippen molar-refractivity contribution in [3.63, 3.8) is 0 Å². The molecule has 1 saturated heterocycles. The van der Waals surface area contributed by atoms with Gasteiger partial charge in [-0.2, -0.15) is 0 Å². The molecule has 1 aliphatic heterocycles. The smallest absolute Gasteiger partial charge is 0.335 e. The average Bonchev–Trinajstić information content (AvgIpc) is 3.75. The zero-order chi connectivity index (χ0) is 25.3. The quantitative estimate of drug-likeness (QED) is 0.300. The van der Waals surface area contributed by atoms with E-state index in [1.54, 1.807) is 30.6 Å². The topological polar surface area (TPSA) is 92.3 Å². The van der Waals surface area contributed by atoms with Crippen molar-refractivity contribution in [3.05, 3.63) is 75.7 Å². The zero-order valence-corrected chi connectivity index (χ0v) is 21.2. The Balaban J connectivity index is 1.09. The summed E-state index contributed by atoms with van der Waals surface area (Å²) in [4.78, 5) is 22.4. The Labute approximate surface area is 222 Å². The molecule has 2 unspecified atom stereocenters. The molecule has 4 heterocycles. The van der Waals surface area contributed by atoms with E-state index in [-0.39, 0.29) is 5.56 Å². The van der Waals surface area contributed by atoms with Crippen LogP contribution in [0.2, 0.25) is 10.0 Å². The van der Waals surface area contributed by atoms with Crippen molar-refractivity contribution in [2.75, 3.05) is 18.0 Å². The molecule has 0 amide bonds. The lowest BCUT2D eigenvalue weighted by atomic mass is 10.0. The summed E-state index contributed by atoms with van der Waals surface area (Å²) in [6, 6.07) is 8.98. The van der Waals surface area contributed by atoms with Gasteiger partial charge in [0.2, 0.25) is 0 Å². The van der Waals surface area contributed by atoms with Gasteiger partial charge in [0.05, 0.1) is 21.1 Å². The molecule has 3 aromatic heterocycles. The maximum absolute atomic E-state index is 11.2. The molecule has 1 N–H and O–H groups in total. The number of piperidine rings is 1. The van der Waals surface area contributed by atoms with E-state index in [1.807, 2.05) is 12.1 Å². The lowest BCUT2D eigenvalue weighted by molar-refractivity contribution is 0.0697. The number of fused-ring (bicyclic) bond motifs is 2. The predicted molar refractivity (Wildman–Crippen MR) is 142 cm³/mol. The molecule has 186 valence electrons. The van der Waals surface area contributed by atoms with Crippen molar-refractivity contribution in [2.24, 2.45) is 17.8 Å². The summed E-state index contributed by atoms with van der Waals surface area (Å²) in [5.74, 6) is 2.96. The number of carboxylic acid groups (broad SMARTS) is 1. The highest BCUT2D eigenvalue weighted by molar-refractivity contribution is 6.39. The number of benzene rings is 1. The summed E-state index contributed by atoms with van der Waals surface area (Å²) in [7, 11) is 0. The third kappa shape index (κ3) is 3.97. The number of halogens is 2. The molecule has 1 aromatic carbocycles. The molecule has 3 aliphatic rings. The first-order valence-electron chi connectivity index (χ1n) is 12.3. The molecule has 0 bridgehead atoms. The third-order valence-electron chi connectivity index (χ3n) is 7.79. The van der Waals surface area contributed by atoms with Gasteiger partial charge in [0.1, 0.15) is 17.3 Å². The van der Waals surface area contributed by atoms with Crippen LogP contribution in [0.4, 0.5) is 5.82 Å². The first-order valence-corrected chi connectivity index (χ1v) is 13.1. The Morgan fingerprint density at radius 1 is 1.08 bits per heavy atom. The van der Waals surface area contributed by atoms with E-state index in [0.29, 0.717) is 45.0 Å². The SMILES string of the molecule is O=C(O)c1ccc2nc(N3CC4C(/C=C/c5c(-c6c(Cl)cncc6Cl)noc5C5CC5)C4C3)ccc2c1. The fourth-order valence-electron chi connectivity index (χ4n) is 5.60. The van der Waals surface area contributed by atoms with Gasteiger partial charge in [-0.05, 0) is 60.9 Å². The van der Waals surface area contributed by atoms with Crippen LogP contribution in [0.25, 0.3) is 28.2 Å². The van der Waals surface area contributed by atoms with Gasteiger partial charge in [0.25, 0.3) is 0 Å². The highest BCUT2D eigenvalue weighted by Gasteiger charge is 2.54. The first-order chi connectivity index (χ1) is 18.0. The number of allylic oxidation sites excluding steroid dienone is 1. The van der Waals surface area contributed by atoms with Crippen LogP contribution in [0.5, 0.6) is 0 Å². The van der Waals surface area contributed by atoms with Crippen molar-refractivity contribution in [1.82, 2.24) is 15.1 Å². The summed E-state index contributed by atoms with van der Waals surface area (Å²) in [6.45, 7) is 1.89. The minimum absolute atomic E-state index is 0.272. The molecule has 7 nitrogen and oxygen atoms in total. The van der Waals surface area contributed by atoms with E-state index in [2.05, 4.69) is 27.2 Å². The summed E-state index contributed by atoms with van der Waals surface area (Å²) < 4.78 is 5.77. The number of aromatic carboxylic acids is 1. The van der Waals surface area contributed by atoms with Crippen LogP contribution in [0.1, 0.15) is 40.4 Å². The highest BCUT2D eigenvalue weighted by atomic mass is 35.5. The molecule has 2 saturated carbocycles. The van der Waals surface area contributed by atoms with E-state index < -0.39 is 5.97 Å². The summed E-state index contributed by atoms with van der Waals surface area (Å²) in [6.07, 6.45) is 9.80. The number of hydrogen-bond donors (Lipinski definition) is 1. The number of anilines is 1. The minimum atomic E-state index is -0.931. The van der Waals surface area contributed by atoms with Crippen LogP contribution in [0.3, 0.4) is 0 Å². The molecule has 3 fully saturated rings. The van der Waals surface area contributed by atoms with Gasteiger partial charge in [-0.3, -0.25) is 4.98 Å². The number of carbonyl (C=O) groups is 1. The molecule has 4 aromatic rings. The van der Waals surface area contributed by atoms with Gasteiger partial charge >= 0.3 is 5.97 Å². The van der Waals surface area contributed by atoms with E-state index in [9.17, 15) is 9.90 Å². The van der Waals surface area contributed by atoms with Gasteiger partial charge in [0, 0.05) is 47.9 Å². The number of aromatic nitrogens is 3. The number of carboxylic acids is 1. The second-order valence-corrected chi connectivity index (χ2v) is 10.9. The third-order valence-corrected chi connectivity index (χ3v) is 8.36. The van der Waals surface area contributed by atoms with Gasteiger partial charge in [0.15, 0.2) is 0 Å². The lowest BCUT2D eigenvalue weighted by Crippen LogP contribution is -2.24. The molecular formula is C28H22Cl2N4O3. The standard InChI is InChI=1S/C28H22Cl2N4O3/c29-21-10-31-11-22(30)25(21)26-18(27(37-33-26)14-1-2-14)6-5-17-19-12-34(13-20(17)19)24-8-4-15-9-16(28(35)36)3-7-23(15)32-24/h3-11,14,17,19-20H,1-2,12-13H2,(H,35,36)/b6-5+. The van der Waals surface area contributed by atoms with Crippen molar-refractivity contribution in [3.8, 4) is 11.3 Å². The second-order valence-electron chi connectivity index (χ2n) is 10.1. The predicted octanol–water partition coefficient (Wildman–Crippen LogP) is 6.56. The van der Waals surface area contributed by atoms with Crippen LogP contribution in [-0.4, -0.2) is 39.3 Å². The Morgan fingerprint density at radius 3 is 2.54 bits per heavy atom. The Hall–Kier alpha value is -3.42. The van der Waals surface area contributed by atoms with Crippen molar-refractivity contribution in [1.29, 1.82) is 0 Å². The molecule has 37 heavy (non-hydrogen) atoms. The monoisotopic (exact) mass is 532 g/mol. The molecule has 0 spiro atoms. The zero-order valence-electron chi connectivity index (χ0n) is 19.6. The summed E-state index contributed by atoms with van der Waals surface area (Å²) in [5.41, 5.74) is 3.38. The first kappa shape index (κ1) is 22.8. The summed E-state index contributed by atoms with van der Waals surface area (Å²) >= 11 is 12.9. The van der Waals surface area contributed by atoms with Crippen molar-refractivity contribution < 1.29 is 14.4 Å². The van der Waals surface area contributed by atoms with E-state index >= 15 is 0 Å². The summed E-state index contributed by atoms with van der Waals surface area (Å²) in [5, 5.41) is 15.3. The van der Waals surface area contributed by atoms with Crippen LogP contribution >= 0.6 is 23.2 Å². The largest absolute Gasteiger partial charge is 0.478 e. The Morgan fingerprint density at radius 2 is 1.84 bits per heavy atom. The number of hydrogen-bond acceptors (Lipinski definition) is 6. The Bertz CT molecular complexity index is 1560. The Kier molecular flexibility index (Phi) is 5.27. The molecular weight excluding hydrogens is 511 g/mol. The lowest BCUT2D eigenvalue weighted by Gasteiger charge is -2.20. The molecule has 2 atom stereocenters. The second kappa shape index (κ2) is 8.57. The minimum Gasteiger partial charge on any atom is -0.478 e. The van der Waals surface area contributed by atoms with Crippen LogP contribution in [0.15, 0.2) is 53.3 Å². The number of rotatable bonds is 6. The number of pyridine rings is 2. The van der Waals surface area contributed by atoms with Crippen LogP contribution in [0, 0.1) is 17.8 Å². The van der Waals surface area contributed by atoms with Gasteiger partial charge in [-0.1, -0.05) is 40.5 Å². The molecule has 9 heteroatoms. The maximum atomic E-state index is 11.2. The van der Waals surface area contributed by atoms with Crippen molar-refractivity contribution >= 4 is 52.0 Å². The van der Waals surface area contributed by atoms with E-state index in [4.69, 9.17) is 32.7 Å². The maximum Gasteiger partial charge on any atom is 0.335 e. The fraction of sp³-hybridized carbons (Fsp3) is 0.286. The van der Waals surface area contributed by atoms with Gasteiger partial charge in [-0.15, -0.1) is 0 Å². The highest BCUT2D eigenvalue weighted by Crippen LogP contribution is 2.54. The van der Waals surface area contributed by atoms with Crippen molar-refractivity contribution in [2.45, 2.75) is 18.8 Å². The van der Waals surface area contributed by atoms with Crippen LogP contribution in [-0.2, 0) is 0 Å². The number of nitrogens with zero attached hydrogens (tertiary/aromatic N) is 4. The van der Waals surface area contributed by atoms with E-state index in [0.717, 1.165) is 54.0 Å².